The molecule has 1 unspecified atom stereocenters. The predicted octanol–water partition coefficient (Wildman–Crippen LogP) is 2.57. The van der Waals surface area contributed by atoms with Crippen LogP contribution in [-0.4, -0.2) is 82.3 Å². The van der Waals surface area contributed by atoms with Gasteiger partial charge in [-0.15, -0.1) is 24.0 Å². The molecular weight excluding hydrogens is 465 g/mol. The molecule has 2 N–H and O–H groups in total. The smallest absolute Gasteiger partial charge is 0.190 e. The molecule has 1 fully saturated rings. The highest BCUT2D eigenvalue weighted by atomic mass is 127. The van der Waals surface area contributed by atoms with Gasteiger partial charge in [-0.3, -0.25) is 9.89 Å². The van der Waals surface area contributed by atoms with Crippen LogP contribution < -0.4 is 10.6 Å². The Bertz CT molecular complexity index is 543. The number of ether oxygens (including phenoxy) is 1. The SMILES string of the molecule is CCOCCCNC(=NC)NCCCN1CCN(C)CC1c1ccccc1.I. The van der Waals surface area contributed by atoms with Crippen LogP contribution in [0.15, 0.2) is 35.3 Å². The van der Waals surface area contributed by atoms with Crippen LogP contribution in [0, 0.1) is 0 Å². The summed E-state index contributed by atoms with van der Waals surface area (Å²) in [4.78, 5) is 9.35. The Morgan fingerprint density at radius 2 is 1.86 bits per heavy atom. The fourth-order valence-corrected chi connectivity index (χ4v) is 3.45. The molecule has 0 aliphatic carbocycles. The van der Waals surface area contributed by atoms with Crippen LogP contribution in [0.25, 0.3) is 0 Å². The predicted molar refractivity (Wildman–Crippen MR) is 129 cm³/mol. The molecule has 0 bridgehead atoms. The number of hydrogen-bond donors (Lipinski definition) is 2. The second-order valence-electron chi connectivity index (χ2n) is 7.05. The van der Waals surface area contributed by atoms with Crippen molar-refractivity contribution in [2.75, 3.05) is 66.6 Å². The number of likely N-dealkylation sites (N-methyl/N-ethyl adjacent to an activating group) is 1. The van der Waals surface area contributed by atoms with Crippen molar-refractivity contribution >= 4 is 29.9 Å². The number of halogens is 1. The van der Waals surface area contributed by atoms with E-state index in [-0.39, 0.29) is 24.0 Å². The summed E-state index contributed by atoms with van der Waals surface area (Å²) in [6.07, 6.45) is 2.10. The van der Waals surface area contributed by atoms with Crippen LogP contribution in [0.4, 0.5) is 0 Å². The first-order valence-corrected chi connectivity index (χ1v) is 10.2. The lowest BCUT2D eigenvalue weighted by molar-refractivity contribution is 0.0891. The summed E-state index contributed by atoms with van der Waals surface area (Å²) in [5.41, 5.74) is 1.42. The van der Waals surface area contributed by atoms with E-state index < -0.39 is 0 Å². The maximum Gasteiger partial charge on any atom is 0.190 e. The normalized spacial score (nSPS) is 18.5. The Kier molecular flexibility index (Phi) is 13.5. The van der Waals surface area contributed by atoms with Gasteiger partial charge >= 0.3 is 0 Å². The number of guanidine groups is 1. The molecule has 1 aromatic rings. The van der Waals surface area contributed by atoms with Crippen LogP contribution in [0.2, 0.25) is 0 Å². The van der Waals surface area contributed by atoms with Crippen molar-refractivity contribution in [3.8, 4) is 0 Å². The summed E-state index contributed by atoms with van der Waals surface area (Å²) in [6.45, 7) is 9.88. The largest absolute Gasteiger partial charge is 0.382 e. The quantitative estimate of drug-likeness (QED) is 0.223. The average Bonchev–Trinajstić information content (AvgIpc) is 2.71. The monoisotopic (exact) mass is 503 g/mol. The minimum absolute atomic E-state index is 0. The summed E-state index contributed by atoms with van der Waals surface area (Å²) in [6, 6.07) is 11.4. The summed E-state index contributed by atoms with van der Waals surface area (Å²) < 4.78 is 5.36. The third-order valence-corrected chi connectivity index (χ3v) is 4.98. The molecule has 0 aromatic heterocycles. The Labute approximate surface area is 188 Å². The van der Waals surface area contributed by atoms with E-state index in [1.165, 1.54) is 5.56 Å². The van der Waals surface area contributed by atoms with Crippen LogP contribution >= 0.6 is 24.0 Å². The molecule has 1 aliphatic heterocycles. The lowest BCUT2D eigenvalue weighted by Crippen LogP contribution is -2.47. The van der Waals surface area contributed by atoms with Gasteiger partial charge in [0.05, 0.1) is 0 Å². The average molecular weight is 503 g/mol. The van der Waals surface area contributed by atoms with Gasteiger partial charge in [0.1, 0.15) is 0 Å². The molecule has 1 heterocycles. The van der Waals surface area contributed by atoms with Gasteiger partial charge in [0.2, 0.25) is 0 Å². The van der Waals surface area contributed by atoms with Gasteiger partial charge in [-0.05, 0) is 32.4 Å². The highest BCUT2D eigenvalue weighted by Crippen LogP contribution is 2.24. The van der Waals surface area contributed by atoms with Crippen molar-refractivity contribution in [2.24, 2.45) is 4.99 Å². The van der Waals surface area contributed by atoms with E-state index in [1.807, 2.05) is 14.0 Å². The van der Waals surface area contributed by atoms with Crippen molar-refractivity contribution in [3.63, 3.8) is 0 Å². The summed E-state index contributed by atoms with van der Waals surface area (Å²) in [5, 5.41) is 6.77. The molecule has 1 saturated heterocycles. The molecule has 1 aliphatic rings. The van der Waals surface area contributed by atoms with Crippen LogP contribution in [0.3, 0.4) is 0 Å². The molecule has 0 radical (unpaired) electrons. The van der Waals surface area contributed by atoms with Gasteiger partial charge in [-0.25, -0.2) is 0 Å². The van der Waals surface area contributed by atoms with E-state index in [0.717, 1.165) is 71.3 Å². The van der Waals surface area contributed by atoms with Gasteiger partial charge in [0.25, 0.3) is 0 Å². The molecule has 1 atom stereocenters. The van der Waals surface area contributed by atoms with Gasteiger partial charge in [-0.2, -0.15) is 0 Å². The summed E-state index contributed by atoms with van der Waals surface area (Å²) >= 11 is 0. The number of nitrogens with zero attached hydrogens (tertiary/aromatic N) is 3. The highest BCUT2D eigenvalue weighted by Gasteiger charge is 2.25. The fourth-order valence-electron chi connectivity index (χ4n) is 3.45. The van der Waals surface area contributed by atoms with Crippen LogP contribution in [0.1, 0.15) is 31.4 Å². The molecular formula is C21H38IN5O. The maximum absolute atomic E-state index is 5.36. The zero-order chi connectivity index (χ0) is 19.3. The Balaban J connectivity index is 0.00000392. The fraction of sp³-hybridized carbons (Fsp3) is 0.667. The molecule has 0 saturated carbocycles. The third-order valence-electron chi connectivity index (χ3n) is 4.98. The van der Waals surface area contributed by atoms with E-state index >= 15 is 0 Å². The Morgan fingerprint density at radius 1 is 1.14 bits per heavy atom. The molecule has 0 amide bonds. The summed E-state index contributed by atoms with van der Waals surface area (Å²) in [7, 11) is 4.04. The van der Waals surface area contributed by atoms with Gasteiger partial charge < -0.3 is 20.3 Å². The first-order valence-electron chi connectivity index (χ1n) is 10.2. The van der Waals surface area contributed by atoms with Crippen LogP contribution in [0.5, 0.6) is 0 Å². The first-order chi connectivity index (χ1) is 13.2. The standard InChI is InChI=1S/C21H37N5O.HI/c1-4-27-17-9-13-24-21(22-2)23-12-8-14-26-16-15-25(3)18-20(26)19-10-6-5-7-11-19;/h5-7,10-11,20H,4,8-9,12-18H2,1-3H3,(H2,22,23,24);1H. The lowest BCUT2D eigenvalue weighted by atomic mass is 10.0. The van der Waals surface area contributed by atoms with E-state index in [4.69, 9.17) is 4.74 Å². The lowest BCUT2D eigenvalue weighted by Gasteiger charge is -2.40. The second kappa shape index (κ2) is 15.0. The van der Waals surface area contributed by atoms with E-state index in [1.54, 1.807) is 0 Å². The zero-order valence-electron chi connectivity index (χ0n) is 17.7. The zero-order valence-corrected chi connectivity index (χ0v) is 20.0. The highest BCUT2D eigenvalue weighted by molar-refractivity contribution is 14.0. The molecule has 7 heteroatoms. The number of nitrogens with one attached hydrogen (secondary N) is 2. The van der Waals surface area contributed by atoms with Crippen LogP contribution in [-0.2, 0) is 4.74 Å². The van der Waals surface area contributed by atoms with Gasteiger partial charge in [0, 0.05) is 65.6 Å². The summed E-state index contributed by atoms with van der Waals surface area (Å²) in [5.74, 6) is 0.879. The minimum Gasteiger partial charge on any atom is -0.382 e. The van der Waals surface area contributed by atoms with Gasteiger partial charge in [0.15, 0.2) is 5.96 Å². The molecule has 28 heavy (non-hydrogen) atoms. The van der Waals surface area contributed by atoms with Gasteiger partial charge in [-0.1, -0.05) is 30.3 Å². The number of benzene rings is 1. The minimum atomic E-state index is 0. The Hall–Kier alpha value is -0.900. The molecule has 1 aromatic carbocycles. The van der Waals surface area contributed by atoms with Crippen molar-refractivity contribution < 1.29 is 4.74 Å². The van der Waals surface area contributed by atoms with Crippen molar-refractivity contribution in [1.29, 1.82) is 0 Å². The van der Waals surface area contributed by atoms with E-state index in [0.29, 0.717) is 6.04 Å². The molecule has 2 rings (SSSR count). The van der Waals surface area contributed by atoms with E-state index in [2.05, 4.69) is 62.8 Å². The maximum atomic E-state index is 5.36. The number of hydrogen-bond acceptors (Lipinski definition) is 4. The van der Waals surface area contributed by atoms with Crippen molar-refractivity contribution in [1.82, 2.24) is 20.4 Å². The third kappa shape index (κ3) is 9.07. The first kappa shape index (κ1) is 25.1. The molecule has 0 spiro atoms. The Morgan fingerprint density at radius 3 is 2.54 bits per heavy atom. The number of aliphatic imine (C=N–C) groups is 1. The topological polar surface area (TPSA) is 52.1 Å². The number of rotatable bonds is 10. The van der Waals surface area contributed by atoms with E-state index in [9.17, 15) is 0 Å². The van der Waals surface area contributed by atoms with Crippen molar-refractivity contribution in [2.45, 2.75) is 25.8 Å². The molecule has 160 valence electrons. The second-order valence-corrected chi connectivity index (χ2v) is 7.05. The molecule has 6 nitrogen and oxygen atoms in total. The number of piperazine rings is 1. The van der Waals surface area contributed by atoms with Crippen molar-refractivity contribution in [3.05, 3.63) is 35.9 Å².